The molecule has 2 saturated carbocycles. The highest BCUT2D eigenvalue weighted by Gasteiger charge is 2.17. The highest BCUT2D eigenvalue weighted by atomic mass is 16.5. The SMILES string of the molecule is CC1CCC(NCCOCC2CCCCC2)CC1. The Kier molecular flexibility index (Phi) is 6.50. The fraction of sp³-hybridized carbons (Fsp3) is 1.00. The highest BCUT2D eigenvalue weighted by Crippen LogP contribution is 2.24. The van der Waals surface area contributed by atoms with Gasteiger partial charge in [-0.3, -0.25) is 0 Å². The van der Waals surface area contributed by atoms with Crippen molar-refractivity contribution in [1.29, 1.82) is 0 Å². The predicted octanol–water partition coefficient (Wildman–Crippen LogP) is 3.75. The summed E-state index contributed by atoms with van der Waals surface area (Å²) in [6.07, 6.45) is 12.6. The molecular formula is C16H31NO. The van der Waals surface area contributed by atoms with Crippen molar-refractivity contribution in [2.45, 2.75) is 70.8 Å². The molecule has 0 bridgehead atoms. The maximum Gasteiger partial charge on any atom is 0.0591 e. The van der Waals surface area contributed by atoms with Crippen LogP contribution in [0.4, 0.5) is 0 Å². The average Bonchev–Trinajstić information content (AvgIpc) is 2.42. The normalized spacial score (nSPS) is 30.5. The number of nitrogens with one attached hydrogen (secondary N) is 1. The Bertz CT molecular complexity index is 205. The molecule has 0 spiro atoms. The molecule has 0 amide bonds. The Morgan fingerprint density at radius 2 is 1.67 bits per heavy atom. The largest absolute Gasteiger partial charge is 0.380 e. The Labute approximate surface area is 113 Å². The molecule has 0 unspecified atom stereocenters. The molecule has 2 rings (SSSR count). The quantitative estimate of drug-likeness (QED) is 0.728. The third-order valence-electron chi connectivity index (χ3n) is 4.77. The van der Waals surface area contributed by atoms with Crippen molar-refractivity contribution in [3.63, 3.8) is 0 Å². The molecule has 0 aliphatic heterocycles. The van der Waals surface area contributed by atoms with Gasteiger partial charge in [-0.05, 0) is 50.4 Å². The van der Waals surface area contributed by atoms with Crippen LogP contribution in [0.15, 0.2) is 0 Å². The summed E-state index contributed by atoms with van der Waals surface area (Å²) in [7, 11) is 0. The van der Waals surface area contributed by atoms with Gasteiger partial charge in [-0.15, -0.1) is 0 Å². The fourth-order valence-corrected chi connectivity index (χ4v) is 3.40. The van der Waals surface area contributed by atoms with Crippen molar-refractivity contribution in [3.05, 3.63) is 0 Å². The van der Waals surface area contributed by atoms with E-state index in [2.05, 4.69) is 12.2 Å². The lowest BCUT2D eigenvalue weighted by Crippen LogP contribution is -2.35. The van der Waals surface area contributed by atoms with E-state index < -0.39 is 0 Å². The van der Waals surface area contributed by atoms with Crippen LogP contribution in [0.25, 0.3) is 0 Å². The highest BCUT2D eigenvalue weighted by molar-refractivity contribution is 4.75. The van der Waals surface area contributed by atoms with Crippen molar-refractivity contribution in [2.24, 2.45) is 11.8 Å². The predicted molar refractivity (Wildman–Crippen MR) is 76.8 cm³/mol. The van der Waals surface area contributed by atoms with Crippen LogP contribution in [0.1, 0.15) is 64.7 Å². The molecule has 1 N–H and O–H groups in total. The summed E-state index contributed by atoms with van der Waals surface area (Å²) in [6.45, 7) is 5.33. The average molecular weight is 253 g/mol. The van der Waals surface area contributed by atoms with E-state index in [0.29, 0.717) is 0 Å². The van der Waals surface area contributed by atoms with E-state index >= 15 is 0 Å². The molecule has 0 aromatic rings. The molecule has 2 nitrogen and oxygen atoms in total. The van der Waals surface area contributed by atoms with Crippen LogP contribution < -0.4 is 5.32 Å². The topological polar surface area (TPSA) is 21.3 Å². The van der Waals surface area contributed by atoms with E-state index in [0.717, 1.165) is 37.6 Å². The second-order valence-corrected chi connectivity index (χ2v) is 6.49. The van der Waals surface area contributed by atoms with E-state index in [-0.39, 0.29) is 0 Å². The smallest absolute Gasteiger partial charge is 0.0591 e. The van der Waals surface area contributed by atoms with E-state index in [1.807, 2.05) is 0 Å². The standard InChI is InChI=1S/C16H31NO/c1-14-7-9-16(10-8-14)17-11-12-18-13-15-5-3-2-4-6-15/h14-17H,2-13H2,1H3. The van der Waals surface area contributed by atoms with Crippen LogP contribution in [0.5, 0.6) is 0 Å². The van der Waals surface area contributed by atoms with Crippen molar-refractivity contribution in [2.75, 3.05) is 19.8 Å². The monoisotopic (exact) mass is 253 g/mol. The molecule has 2 heteroatoms. The summed E-state index contributed by atoms with van der Waals surface area (Å²) in [6, 6.07) is 0.763. The molecule has 0 radical (unpaired) electrons. The van der Waals surface area contributed by atoms with E-state index in [1.54, 1.807) is 0 Å². The van der Waals surface area contributed by atoms with Crippen LogP contribution in [0.3, 0.4) is 0 Å². The van der Waals surface area contributed by atoms with Gasteiger partial charge in [0, 0.05) is 19.2 Å². The zero-order valence-corrected chi connectivity index (χ0v) is 12.1. The first kappa shape index (κ1) is 14.3. The summed E-state index contributed by atoms with van der Waals surface area (Å²) in [4.78, 5) is 0. The number of ether oxygens (including phenoxy) is 1. The van der Waals surface area contributed by atoms with Gasteiger partial charge in [0.25, 0.3) is 0 Å². The summed E-state index contributed by atoms with van der Waals surface area (Å²) in [5.41, 5.74) is 0. The third kappa shape index (κ3) is 5.27. The number of rotatable bonds is 6. The first-order chi connectivity index (χ1) is 8.84. The zero-order chi connectivity index (χ0) is 12.6. The summed E-state index contributed by atoms with van der Waals surface area (Å²) < 4.78 is 5.82. The van der Waals surface area contributed by atoms with Crippen molar-refractivity contribution < 1.29 is 4.74 Å². The molecule has 0 atom stereocenters. The van der Waals surface area contributed by atoms with Gasteiger partial charge in [0.05, 0.1) is 6.61 Å². The van der Waals surface area contributed by atoms with Crippen LogP contribution in [-0.2, 0) is 4.74 Å². The zero-order valence-electron chi connectivity index (χ0n) is 12.1. The Morgan fingerprint density at radius 1 is 0.944 bits per heavy atom. The Hall–Kier alpha value is -0.0800. The van der Waals surface area contributed by atoms with Gasteiger partial charge < -0.3 is 10.1 Å². The van der Waals surface area contributed by atoms with Gasteiger partial charge in [-0.2, -0.15) is 0 Å². The minimum Gasteiger partial charge on any atom is -0.380 e. The summed E-state index contributed by atoms with van der Waals surface area (Å²) in [5, 5.41) is 3.65. The van der Waals surface area contributed by atoms with Crippen molar-refractivity contribution >= 4 is 0 Å². The number of hydrogen-bond acceptors (Lipinski definition) is 2. The molecule has 2 fully saturated rings. The van der Waals surface area contributed by atoms with Crippen LogP contribution in [0.2, 0.25) is 0 Å². The second-order valence-electron chi connectivity index (χ2n) is 6.49. The number of hydrogen-bond donors (Lipinski definition) is 1. The first-order valence-electron chi connectivity index (χ1n) is 8.15. The maximum absolute atomic E-state index is 5.82. The fourth-order valence-electron chi connectivity index (χ4n) is 3.40. The van der Waals surface area contributed by atoms with Gasteiger partial charge in [0.1, 0.15) is 0 Å². The van der Waals surface area contributed by atoms with E-state index in [4.69, 9.17) is 4.74 Å². The summed E-state index contributed by atoms with van der Waals surface area (Å²) in [5.74, 6) is 1.81. The van der Waals surface area contributed by atoms with Gasteiger partial charge >= 0.3 is 0 Å². The van der Waals surface area contributed by atoms with Gasteiger partial charge in [-0.1, -0.05) is 26.2 Å². The van der Waals surface area contributed by atoms with E-state index in [9.17, 15) is 0 Å². The molecule has 0 saturated heterocycles. The minimum atomic E-state index is 0.763. The third-order valence-corrected chi connectivity index (χ3v) is 4.77. The molecule has 2 aliphatic carbocycles. The van der Waals surface area contributed by atoms with Crippen LogP contribution in [0, 0.1) is 11.8 Å². The Balaban J connectivity index is 1.43. The minimum absolute atomic E-state index is 0.763. The van der Waals surface area contributed by atoms with Crippen molar-refractivity contribution in [1.82, 2.24) is 5.32 Å². The molecule has 106 valence electrons. The lowest BCUT2D eigenvalue weighted by atomic mass is 9.87. The summed E-state index contributed by atoms with van der Waals surface area (Å²) >= 11 is 0. The molecule has 2 aliphatic rings. The van der Waals surface area contributed by atoms with E-state index in [1.165, 1.54) is 57.8 Å². The molecule has 0 aromatic carbocycles. The lowest BCUT2D eigenvalue weighted by molar-refractivity contribution is 0.0845. The van der Waals surface area contributed by atoms with Crippen LogP contribution >= 0.6 is 0 Å². The van der Waals surface area contributed by atoms with Gasteiger partial charge in [0.2, 0.25) is 0 Å². The molecule has 18 heavy (non-hydrogen) atoms. The first-order valence-corrected chi connectivity index (χ1v) is 8.15. The molecule has 0 heterocycles. The maximum atomic E-state index is 5.82. The lowest BCUT2D eigenvalue weighted by Gasteiger charge is -2.27. The van der Waals surface area contributed by atoms with Gasteiger partial charge in [-0.25, -0.2) is 0 Å². The van der Waals surface area contributed by atoms with Crippen LogP contribution in [-0.4, -0.2) is 25.8 Å². The Morgan fingerprint density at radius 3 is 2.39 bits per heavy atom. The molecular weight excluding hydrogens is 222 g/mol. The second kappa shape index (κ2) is 8.16. The van der Waals surface area contributed by atoms with Gasteiger partial charge in [0.15, 0.2) is 0 Å². The molecule has 0 aromatic heterocycles. The van der Waals surface area contributed by atoms with Crippen molar-refractivity contribution in [3.8, 4) is 0 Å².